The highest BCUT2D eigenvalue weighted by atomic mass is 31.2. The first kappa shape index (κ1) is 16.2. The van der Waals surface area contributed by atoms with Crippen LogP contribution in [0.2, 0.25) is 0 Å². The molecule has 0 aliphatic heterocycles. The molecule has 24 heavy (non-hydrogen) atoms. The number of phosphoric acid groups is 1. The van der Waals surface area contributed by atoms with E-state index in [9.17, 15) is 4.57 Å². The summed E-state index contributed by atoms with van der Waals surface area (Å²) in [5.41, 5.74) is 1.07. The van der Waals surface area contributed by atoms with Crippen LogP contribution in [-0.2, 0) is 4.57 Å². The van der Waals surface area contributed by atoms with Crippen LogP contribution in [0, 0.1) is 6.92 Å². The Morgan fingerprint density at radius 1 is 0.583 bits per heavy atom. The largest absolute Gasteiger partial charge is 0.647 e. The van der Waals surface area contributed by atoms with Gasteiger partial charge in [-0.15, -0.1) is 0 Å². The molecule has 0 aliphatic rings. The molecule has 0 fully saturated rings. The molecule has 0 N–H and O–H groups in total. The topological polar surface area (TPSA) is 44.8 Å². The number of hydrogen-bond acceptors (Lipinski definition) is 4. The molecule has 0 atom stereocenters. The average Bonchev–Trinajstić information content (AvgIpc) is 2.58. The number of para-hydroxylation sites is 2. The third kappa shape index (κ3) is 4.40. The molecule has 0 saturated heterocycles. The third-order valence-electron chi connectivity index (χ3n) is 3.16. The summed E-state index contributed by atoms with van der Waals surface area (Å²) in [5.74, 6) is 1.23. The van der Waals surface area contributed by atoms with Crippen molar-refractivity contribution < 1.29 is 18.1 Å². The Bertz CT molecular complexity index is 772. The molecule has 3 aromatic carbocycles. The van der Waals surface area contributed by atoms with Crippen molar-refractivity contribution in [3.05, 3.63) is 90.5 Å². The van der Waals surface area contributed by atoms with Crippen molar-refractivity contribution in [1.82, 2.24) is 0 Å². The van der Waals surface area contributed by atoms with Crippen molar-refractivity contribution in [3.8, 4) is 17.2 Å². The third-order valence-corrected chi connectivity index (χ3v) is 4.46. The van der Waals surface area contributed by atoms with Gasteiger partial charge in [0.15, 0.2) is 0 Å². The minimum absolute atomic E-state index is 0.406. The number of phosphoric ester groups is 1. The lowest BCUT2D eigenvalue weighted by molar-refractivity contribution is 0.298. The van der Waals surface area contributed by atoms with Crippen LogP contribution in [0.4, 0.5) is 0 Å². The fourth-order valence-corrected chi connectivity index (χ4v) is 3.26. The van der Waals surface area contributed by atoms with E-state index in [1.54, 1.807) is 60.7 Å². The zero-order valence-corrected chi connectivity index (χ0v) is 14.1. The second kappa shape index (κ2) is 7.24. The molecule has 0 amide bonds. The summed E-state index contributed by atoms with van der Waals surface area (Å²) in [4.78, 5) is 0. The first-order chi connectivity index (χ1) is 11.6. The van der Waals surface area contributed by atoms with Crippen LogP contribution in [0.3, 0.4) is 0 Å². The van der Waals surface area contributed by atoms with Gasteiger partial charge in [0.05, 0.1) is 0 Å². The first-order valence-corrected chi connectivity index (χ1v) is 8.95. The lowest BCUT2D eigenvalue weighted by atomic mass is 10.2. The first-order valence-electron chi connectivity index (χ1n) is 7.49. The van der Waals surface area contributed by atoms with Crippen molar-refractivity contribution in [1.29, 1.82) is 0 Å². The van der Waals surface area contributed by atoms with Gasteiger partial charge in [0.2, 0.25) is 0 Å². The smallest absolute Gasteiger partial charge is 0.386 e. The Hall–Kier alpha value is -2.71. The van der Waals surface area contributed by atoms with Gasteiger partial charge in [-0.2, -0.15) is 4.57 Å². The Morgan fingerprint density at radius 3 is 1.38 bits per heavy atom. The zero-order valence-electron chi connectivity index (χ0n) is 13.2. The molecule has 0 unspecified atom stereocenters. The molecule has 0 aliphatic carbocycles. The standard InChI is InChI=1S/C19H17O4P/c1-16-12-14-19(15-13-16)23-24(20,21-17-8-4-2-5-9-17)22-18-10-6-3-7-11-18/h2-15H,1H3. The van der Waals surface area contributed by atoms with E-state index in [-0.39, 0.29) is 0 Å². The van der Waals surface area contributed by atoms with Crippen LogP contribution >= 0.6 is 7.82 Å². The van der Waals surface area contributed by atoms with Crippen LogP contribution < -0.4 is 13.6 Å². The van der Waals surface area contributed by atoms with Gasteiger partial charge in [0.25, 0.3) is 0 Å². The van der Waals surface area contributed by atoms with Gasteiger partial charge in [-0.1, -0.05) is 54.1 Å². The van der Waals surface area contributed by atoms with E-state index in [2.05, 4.69) is 0 Å². The Labute approximate surface area is 141 Å². The minimum Gasteiger partial charge on any atom is -0.386 e. The average molecular weight is 340 g/mol. The lowest BCUT2D eigenvalue weighted by Crippen LogP contribution is -2.07. The number of hydrogen-bond donors (Lipinski definition) is 0. The fourth-order valence-electron chi connectivity index (χ4n) is 2.01. The Kier molecular flexibility index (Phi) is 4.88. The van der Waals surface area contributed by atoms with Gasteiger partial charge in [-0.3, -0.25) is 0 Å². The van der Waals surface area contributed by atoms with Gasteiger partial charge < -0.3 is 13.6 Å². The number of aryl methyl sites for hydroxylation is 1. The summed E-state index contributed by atoms with van der Waals surface area (Å²) in [5, 5.41) is 0. The van der Waals surface area contributed by atoms with Crippen LogP contribution in [0.25, 0.3) is 0 Å². The predicted octanol–water partition coefficient (Wildman–Crippen LogP) is 5.64. The molecule has 3 aromatic rings. The van der Waals surface area contributed by atoms with Crippen LogP contribution in [0.5, 0.6) is 17.2 Å². The van der Waals surface area contributed by atoms with E-state index in [0.717, 1.165) is 5.56 Å². The summed E-state index contributed by atoms with van der Waals surface area (Å²) in [6.07, 6.45) is 0. The number of benzene rings is 3. The van der Waals surface area contributed by atoms with Crippen molar-refractivity contribution in [3.63, 3.8) is 0 Å². The molecule has 5 heteroatoms. The number of rotatable bonds is 6. The van der Waals surface area contributed by atoms with Crippen LogP contribution in [0.1, 0.15) is 5.56 Å². The van der Waals surface area contributed by atoms with E-state index in [0.29, 0.717) is 17.2 Å². The van der Waals surface area contributed by atoms with Gasteiger partial charge in [-0.05, 0) is 43.3 Å². The van der Waals surface area contributed by atoms with E-state index < -0.39 is 7.82 Å². The SMILES string of the molecule is Cc1ccc(OP(=O)(Oc2ccccc2)Oc2ccccc2)cc1. The summed E-state index contributed by atoms with van der Waals surface area (Å²) in [7, 11) is -3.90. The minimum atomic E-state index is -3.90. The normalized spacial score (nSPS) is 10.9. The second-order valence-corrected chi connectivity index (χ2v) is 6.60. The van der Waals surface area contributed by atoms with Crippen molar-refractivity contribution in [2.24, 2.45) is 0 Å². The lowest BCUT2D eigenvalue weighted by Gasteiger charge is -2.19. The monoisotopic (exact) mass is 340 g/mol. The summed E-state index contributed by atoms with van der Waals surface area (Å²) < 4.78 is 29.8. The van der Waals surface area contributed by atoms with Gasteiger partial charge in [-0.25, -0.2) is 0 Å². The maximum absolute atomic E-state index is 13.1. The maximum atomic E-state index is 13.1. The second-order valence-electron chi connectivity index (χ2n) is 5.16. The summed E-state index contributed by atoms with van der Waals surface area (Å²) in [6.45, 7) is 1.96. The molecule has 3 rings (SSSR count). The molecule has 0 spiro atoms. The molecule has 0 radical (unpaired) electrons. The molecule has 0 bridgehead atoms. The highest BCUT2D eigenvalue weighted by Crippen LogP contribution is 2.49. The summed E-state index contributed by atoms with van der Waals surface area (Å²) >= 11 is 0. The van der Waals surface area contributed by atoms with E-state index >= 15 is 0 Å². The molecule has 0 aromatic heterocycles. The molecule has 4 nitrogen and oxygen atoms in total. The highest BCUT2D eigenvalue weighted by molar-refractivity contribution is 7.49. The molecular weight excluding hydrogens is 323 g/mol. The van der Waals surface area contributed by atoms with Gasteiger partial charge in [0, 0.05) is 0 Å². The fraction of sp³-hybridized carbons (Fsp3) is 0.0526. The van der Waals surface area contributed by atoms with Crippen molar-refractivity contribution in [2.75, 3.05) is 0 Å². The predicted molar refractivity (Wildman–Crippen MR) is 93.6 cm³/mol. The molecule has 0 heterocycles. The van der Waals surface area contributed by atoms with Crippen LogP contribution in [0.15, 0.2) is 84.9 Å². The Balaban J connectivity index is 1.87. The molecule has 0 saturated carbocycles. The molecular formula is C19H17O4P. The maximum Gasteiger partial charge on any atom is 0.647 e. The van der Waals surface area contributed by atoms with Gasteiger partial charge in [0.1, 0.15) is 17.2 Å². The quantitative estimate of drug-likeness (QED) is 0.545. The van der Waals surface area contributed by atoms with Gasteiger partial charge >= 0.3 is 7.82 Å². The van der Waals surface area contributed by atoms with Crippen molar-refractivity contribution in [2.45, 2.75) is 6.92 Å². The van der Waals surface area contributed by atoms with Crippen molar-refractivity contribution >= 4 is 7.82 Å². The summed E-state index contributed by atoms with van der Waals surface area (Å²) in [6, 6.07) is 24.8. The van der Waals surface area contributed by atoms with E-state index in [1.165, 1.54) is 0 Å². The van der Waals surface area contributed by atoms with E-state index in [4.69, 9.17) is 13.6 Å². The highest BCUT2D eigenvalue weighted by Gasteiger charge is 2.33. The van der Waals surface area contributed by atoms with E-state index in [1.807, 2.05) is 31.2 Å². The Morgan fingerprint density at radius 2 is 0.958 bits per heavy atom. The molecule has 122 valence electrons. The zero-order chi connectivity index (χ0) is 16.8. The van der Waals surface area contributed by atoms with Crippen LogP contribution in [-0.4, -0.2) is 0 Å².